The van der Waals surface area contributed by atoms with E-state index in [-0.39, 0.29) is 31.1 Å². The van der Waals surface area contributed by atoms with Crippen LogP contribution in [0.2, 0.25) is 0 Å². The molecule has 0 amide bonds. The molecule has 1 atom stereocenters. The van der Waals surface area contributed by atoms with Gasteiger partial charge in [0, 0.05) is 19.3 Å². The van der Waals surface area contributed by atoms with Crippen molar-refractivity contribution in [2.75, 3.05) is 13.2 Å². The summed E-state index contributed by atoms with van der Waals surface area (Å²) in [4.78, 5) is 38.1. The molecule has 0 saturated heterocycles. The first-order chi connectivity index (χ1) is 37.0. The minimum absolute atomic E-state index is 0.0841. The maximum absolute atomic E-state index is 12.9. The highest BCUT2D eigenvalue weighted by molar-refractivity contribution is 5.71. The third-order valence-corrected chi connectivity index (χ3v) is 13.9. The summed E-state index contributed by atoms with van der Waals surface area (Å²) in [5.74, 6) is -0.910. The molecule has 0 aromatic carbocycles. The first-order valence-electron chi connectivity index (χ1n) is 32.1. The second-order valence-electron chi connectivity index (χ2n) is 21.3. The second kappa shape index (κ2) is 63.1. The van der Waals surface area contributed by atoms with Crippen molar-refractivity contribution in [2.45, 2.75) is 322 Å². The summed E-state index contributed by atoms with van der Waals surface area (Å²) in [7, 11) is 0. The molecular formula is C69H120O6. The van der Waals surface area contributed by atoms with Gasteiger partial charge in [-0.1, -0.05) is 305 Å². The summed E-state index contributed by atoms with van der Waals surface area (Å²) in [6.45, 7) is 6.50. The highest BCUT2D eigenvalue weighted by Crippen LogP contribution is 2.17. The Balaban J connectivity index is 4.23. The quantitative estimate of drug-likeness (QED) is 0.0261. The lowest BCUT2D eigenvalue weighted by molar-refractivity contribution is -0.167. The molecule has 75 heavy (non-hydrogen) atoms. The fraction of sp³-hybridized carbons (Fsp3) is 0.754. The minimum Gasteiger partial charge on any atom is -0.462 e. The first-order valence-corrected chi connectivity index (χ1v) is 32.1. The smallest absolute Gasteiger partial charge is 0.306 e. The Hall–Kier alpha value is -3.41. The standard InChI is InChI=1S/C69H120O6/c1-4-7-10-13-16-19-21-23-25-27-29-31-33-35-37-38-40-42-44-46-48-50-53-56-59-62-68(71)74-65-66(64-73-67(70)61-58-55-52-18-15-12-9-6-3)75-69(72)63-60-57-54-51-49-47-45-43-41-39-36-34-32-30-28-26-24-22-20-17-14-11-8-5-2/h7,10,16,19,23,25,29,31,35,37,40,42,46,48,66H,4-6,8-9,11-15,17-18,20-22,24,26-28,30,32-34,36,38-39,41,43-45,47,49-65H2,1-3H3/b10-7-,19-16-,25-23-,31-29-,37-35-,42-40-,48-46-. The van der Waals surface area contributed by atoms with Crippen LogP contribution in [-0.2, 0) is 28.6 Å². The van der Waals surface area contributed by atoms with Crippen molar-refractivity contribution in [1.29, 1.82) is 0 Å². The van der Waals surface area contributed by atoms with Crippen LogP contribution in [-0.4, -0.2) is 37.2 Å². The molecule has 0 spiro atoms. The fourth-order valence-electron chi connectivity index (χ4n) is 9.13. The number of allylic oxidation sites excluding steroid dienone is 14. The molecule has 0 radical (unpaired) electrons. The summed E-state index contributed by atoms with van der Waals surface area (Å²) < 4.78 is 16.8. The van der Waals surface area contributed by atoms with Gasteiger partial charge in [0.1, 0.15) is 13.2 Å². The van der Waals surface area contributed by atoms with Crippen molar-refractivity contribution < 1.29 is 28.6 Å². The second-order valence-corrected chi connectivity index (χ2v) is 21.3. The van der Waals surface area contributed by atoms with E-state index >= 15 is 0 Å². The third-order valence-electron chi connectivity index (χ3n) is 13.9. The molecule has 0 N–H and O–H groups in total. The Morgan fingerprint density at radius 3 is 0.813 bits per heavy atom. The van der Waals surface area contributed by atoms with Crippen LogP contribution in [0.1, 0.15) is 316 Å². The Morgan fingerprint density at radius 2 is 0.520 bits per heavy atom. The Morgan fingerprint density at radius 1 is 0.280 bits per heavy atom. The average Bonchev–Trinajstić information content (AvgIpc) is 3.41. The van der Waals surface area contributed by atoms with E-state index in [4.69, 9.17) is 14.2 Å². The molecule has 0 saturated carbocycles. The van der Waals surface area contributed by atoms with Crippen molar-refractivity contribution in [3.05, 3.63) is 85.1 Å². The van der Waals surface area contributed by atoms with E-state index in [9.17, 15) is 14.4 Å². The maximum Gasteiger partial charge on any atom is 0.306 e. The number of unbranched alkanes of at least 4 members (excludes halogenated alkanes) is 33. The predicted octanol–water partition coefficient (Wildman–Crippen LogP) is 21.9. The van der Waals surface area contributed by atoms with Crippen LogP contribution in [0.3, 0.4) is 0 Å². The number of hydrogen-bond acceptors (Lipinski definition) is 6. The van der Waals surface area contributed by atoms with Gasteiger partial charge >= 0.3 is 17.9 Å². The molecule has 6 nitrogen and oxygen atoms in total. The molecule has 1 unspecified atom stereocenters. The summed E-state index contributed by atoms with van der Waals surface area (Å²) in [6.07, 6.45) is 83.3. The molecule has 0 aromatic rings. The van der Waals surface area contributed by atoms with E-state index in [2.05, 4.69) is 106 Å². The van der Waals surface area contributed by atoms with Gasteiger partial charge in [-0.15, -0.1) is 0 Å². The normalized spacial score (nSPS) is 12.6. The highest BCUT2D eigenvalue weighted by Gasteiger charge is 2.19. The summed E-state index contributed by atoms with van der Waals surface area (Å²) >= 11 is 0. The maximum atomic E-state index is 12.9. The summed E-state index contributed by atoms with van der Waals surface area (Å²) in [5, 5.41) is 0. The number of carbonyl (C=O) groups excluding carboxylic acids is 3. The van der Waals surface area contributed by atoms with Gasteiger partial charge in [-0.25, -0.2) is 0 Å². The first kappa shape index (κ1) is 71.6. The lowest BCUT2D eigenvalue weighted by atomic mass is 10.0. The fourth-order valence-corrected chi connectivity index (χ4v) is 9.13. The van der Waals surface area contributed by atoms with Crippen LogP contribution in [0.15, 0.2) is 85.1 Å². The number of carbonyl (C=O) groups is 3. The van der Waals surface area contributed by atoms with E-state index in [1.165, 1.54) is 167 Å². The monoisotopic (exact) mass is 1040 g/mol. The van der Waals surface area contributed by atoms with Crippen molar-refractivity contribution >= 4 is 17.9 Å². The molecule has 0 aliphatic rings. The van der Waals surface area contributed by atoms with Crippen molar-refractivity contribution in [1.82, 2.24) is 0 Å². The van der Waals surface area contributed by atoms with Gasteiger partial charge in [0.25, 0.3) is 0 Å². The van der Waals surface area contributed by atoms with Gasteiger partial charge in [0.15, 0.2) is 6.10 Å². The van der Waals surface area contributed by atoms with Crippen LogP contribution >= 0.6 is 0 Å². The van der Waals surface area contributed by atoms with E-state index in [1.54, 1.807) is 0 Å². The lowest BCUT2D eigenvalue weighted by Crippen LogP contribution is -2.30. The molecule has 432 valence electrons. The molecule has 0 aromatic heterocycles. The summed E-state index contributed by atoms with van der Waals surface area (Å²) in [6, 6.07) is 0. The van der Waals surface area contributed by atoms with Crippen LogP contribution in [0.5, 0.6) is 0 Å². The minimum atomic E-state index is -0.787. The number of hydrogen-bond donors (Lipinski definition) is 0. The molecule has 0 aliphatic carbocycles. The van der Waals surface area contributed by atoms with Gasteiger partial charge in [0.05, 0.1) is 0 Å². The van der Waals surface area contributed by atoms with Crippen LogP contribution in [0.4, 0.5) is 0 Å². The van der Waals surface area contributed by atoms with Crippen LogP contribution in [0, 0.1) is 0 Å². The van der Waals surface area contributed by atoms with Crippen LogP contribution in [0.25, 0.3) is 0 Å². The van der Waals surface area contributed by atoms with E-state index in [0.717, 1.165) is 109 Å². The zero-order chi connectivity index (χ0) is 54.3. The van der Waals surface area contributed by atoms with Gasteiger partial charge < -0.3 is 14.2 Å². The molecule has 0 aliphatic heterocycles. The number of esters is 3. The molecule has 0 bridgehead atoms. The number of ether oxygens (including phenoxy) is 3. The zero-order valence-corrected chi connectivity index (χ0v) is 49.6. The summed E-state index contributed by atoms with van der Waals surface area (Å²) in [5.41, 5.74) is 0. The van der Waals surface area contributed by atoms with Gasteiger partial charge in [-0.3, -0.25) is 14.4 Å². The third kappa shape index (κ3) is 61.3. The largest absolute Gasteiger partial charge is 0.462 e. The SMILES string of the molecule is CC/C=C\C/C=C\C/C=C\C/C=C\C/C=C\C/C=C\C/C=C\CCCCCC(=O)OCC(COC(=O)CCCCCCCCCC)OC(=O)CCCCCCCCCCCCCCCCCCCCCCCCCC. The lowest BCUT2D eigenvalue weighted by Gasteiger charge is -2.18. The van der Waals surface area contributed by atoms with Gasteiger partial charge in [-0.2, -0.15) is 0 Å². The zero-order valence-electron chi connectivity index (χ0n) is 49.6. The Labute approximate surface area is 465 Å². The molecule has 0 heterocycles. The molecule has 0 rings (SSSR count). The van der Waals surface area contributed by atoms with E-state index in [0.29, 0.717) is 19.3 Å². The Kier molecular flexibility index (Phi) is 60.3. The van der Waals surface area contributed by atoms with E-state index in [1.807, 2.05) is 0 Å². The van der Waals surface area contributed by atoms with E-state index < -0.39 is 6.10 Å². The van der Waals surface area contributed by atoms with Gasteiger partial charge in [0.2, 0.25) is 0 Å². The predicted molar refractivity (Wildman–Crippen MR) is 325 cm³/mol. The van der Waals surface area contributed by atoms with Gasteiger partial charge in [-0.05, 0) is 77.0 Å². The Bertz CT molecular complexity index is 1430. The number of rotatable bonds is 58. The molecular weight excluding hydrogens is 925 g/mol. The van der Waals surface area contributed by atoms with Crippen LogP contribution < -0.4 is 0 Å². The van der Waals surface area contributed by atoms with Crippen molar-refractivity contribution in [3.8, 4) is 0 Å². The molecule has 0 fully saturated rings. The van der Waals surface area contributed by atoms with Crippen molar-refractivity contribution in [2.24, 2.45) is 0 Å². The van der Waals surface area contributed by atoms with Crippen molar-refractivity contribution in [3.63, 3.8) is 0 Å². The average molecular weight is 1050 g/mol. The highest BCUT2D eigenvalue weighted by atomic mass is 16.6. The topological polar surface area (TPSA) is 78.9 Å². The molecule has 6 heteroatoms.